The van der Waals surface area contributed by atoms with Gasteiger partial charge in [0.25, 0.3) is 5.91 Å². The molecule has 0 unspecified atom stereocenters. The summed E-state index contributed by atoms with van der Waals surface area (Å²) in [5.74, 6) is 0.426. The highest BCUT2D eigenvalue weighted by Gasteiger charge is 2.21. The molecule has 0 aliphatic rings. The first-order valence-electron chi connectivity index (χ1n) is 10.8. The Morgan fingerprint density at radius 1 is 1.06 bits per heavy atom. The molecule has 2 aromatic heterocycles. The van der Waals surface area contributed by atoms with Crippen molar-refractivity contribution in [2.75, 3.05) is 10.6 Å². The van der Waals surface area contributed by atoms with Crippen molar-refractivity contribution in [2.24, 2.45) is 0 Å². The lowest BCUT2D eigenvalue weighted by Gasteiger charge is -2.16. The fourth-order valence-corrected chi connectivity index (χ4v) is 4.15. The third kappa shape index (κ3) is 5.45. The van der Waals surface area contributed by atoms with Gasteiger partial charge in [-0.1, -0.05) is 29.5 Å². The molecule has 0 radical (unpaired) electrons. The summed E-state index contributed by atoms with van der Waals surface area (Å²) in [6.07, 6.45) is 0. The van der Waals surface area contributed by atoms with Crippen LogP contribution in [0.4, 0.5) is 10.8 Å². The van der Waals surface area contributed by atoms with Crippen LogP contribution in [-0.4, -0.2) is 21.8 Å². The number of thiazole rings is 1. The van der Waals surface area contributed by atoms with E-state index in [9.17, 15) is 14.9 Å². The lowest BCUT2D eigenvalue weighted by molar-refractivity contribution is -0.114. The van der Waals surface area contributed by atoms with Crippen LogP contribution >= 0.6 is 11.3 Å². The summed E-state index contributed by atoms with van der Waals surface area (Å²) in [7, 11) is 0. The molecule has 0 saturated carbocycles. The number of nitriles is 1. The van der Waals surface area contributed by atoms with Crippen LogP contribution in [0.2, 0.25) is 0 Å². The number of rotatable bonds is 6. The summed E-state index contributed by atoms with van der Waals surface area (Å²) >= 11 is 1.26. The van der Waals surface area contributed by atoms with Crippen molar-refractivity contribution < 1.29 is 14.3 Å². The minimum atomic E-state index is -0.698. The molecule has 0 atom stereocenters. The number of fused-ring (bicyclic) bond motifs is 1. The third-order valence-corrected chi connectivity index (χ3v) is 6.18. The highest BCUT2D eigenvalue weighted by Crippen LogP contribution is 2.31. The van der Waals surface area contributed by atoms with Gasteiger partial charge < -0.3 is 15.4 Å². The van der Waals surface area contributed by atoms with E-state index in [-0.39, 0.29) is 11.8 Å². The second kappa shape index (κ2) is 9.52. The number of nitrogens with one attached hydrogen (secondary N) is 2. The predicted molar refractivity (Wildman–Crippen MR) is 136 cm³/mol. The van der Waals surface area contributed by atoms with Crippen LogP contribution < -0.4 is 15.4 Å². The Kier molecular flexibility index (Phi) is 6.49. The SMILES string of the molecule is CC(=O)Nc1nc2ccc(Oc3cc(NC(=O)c4cccc(C(C)(C)C#N)c4)ccc3C)nc2s1. The van der Waals surface area contributed by atoms with Crippen LogP contribution in [0.15, 0.2) is 54.6 Å². The zero-order valence-electron chi connectivity index (χ0n) is 19.7. The fourth-order valence-electron chi connectivity index (χ4n) is 3.28. The van der Waals surface area contributed by atoms with Gasteiger partial charge in [-0.05, 0) is 56.2 Å². The number of aryl methyl sites for hydroxylation is 1. The standard InChI is InChI=1S/C26H23N5O3S/c1-15-8-9-19(29-23(33)17-6-5-7-18(12-17)26(3,4)14-27)13-21(15)34-22-11-10-20-24(31-22)35-25(30-20)28-16(2)32/h5-13H,1-4H3,(H,29,33)(H,28,30,32). The molecule has 8 nitrogen and oxygen atoms in total. The smallest absolute Gasteiger partial charge is 0.255 e. The van der Waals surface area contributed by atoms with Crippen LogP contribution in [0.1, 0.15) is 42.3 Å². The van der Waals surface area contributed by atoms with Crippen LogP contribution in [0.5, 0.6) is 11.6 Å². The van der Waals surface area contributed by atoms with E-state index in [0.717, 1.165) is 11.1 Å². The van der Waals surface area contributed by atoms with Crippen LogP contribution in [-0.2, 0) is 10.2 Å². The van der Waals surface area contributed by atoms with Crippen LogP contribution in [0.3, 0.4) is 0 Å². The molecule has 9 heteroatoms. The highest BCUT2D eigenvalue weighted by atomic mass is 32.1. The van der Waals surface area contributed by atoms with Crippen molar-refractivity contribution in [3.63, 3.8) is 0 Å². The molecule has 0 spiro atoms. The van der Waals surface area contributed by atoms with E-state index in [1.165, 1.54) is 18.3 Å². The van der Waals surface area contributed by atoms with Gasteiger partial charge in [0, 0.05) is 30.3 Å². The molecule has 2 aromatic carbocycles. The van der Waals surface area contributed by atoms with Crippen molar-refractivity contribution in [1.29, 1.82) is 5.26 Å². The average Bonchev–Trinajstić information content (AvgIpc) is 3.22. The Balaban J connectivity index is 1.53. The molecule has 0 aliphatic heterocycles. The monoisotopic (exact) mass is 485 g/mol. The van der Waals surface area contributed by atoms with Crippen molar-refractivity contribution in [3.8, 4) is 17.7 Å². The average molecular weight is 486 g/mol. The summed E-state index contributed by atoms with van der Waals surface area (Å²) in [4.78, 5) is 33.6. The summed E-state index contributed by atoms with van der Waals surface area (Å²) in [5.41, 5.74) is 2.62. The number of aromatic nitrogens is 2. The van der Waals surface area contributed by atoms with E-state index >= 15 is 0 Å². The van der Waals surface area contributed by atoms with Gasteiger partial charge >= 0.3 is 0 Å². The van der Waals surface area contributed by atoms with E-state index in [4.69, 9.17) is 4.74 Å². The Morgan fingerprint density at radius 3 is 2.60 bits per heavy atom. The minimum Gasteiger partial charge on any atom is -0.439 e. The van der Waals surface area contributed by atoms with Gasteiger partial charge in [-0.3, -0.25) is 9.59 Å². The predicted octanol–water partition coefficient (Wildman–Crippen LogP) is 5.80. The highest BCUT2D eigenvalue weighted by molar-refractivity contribution is 7.21. The van der Waals surface area contributed by atoms with Gasteiger partial charge in [0.1, 0.15) is 16.1 Å². The number of carbonyl (C=O) groups is 2. The minimum absolute atomic E-state index is 0.199. The van der Waals surface area contributed by atoms with E-state index < -0.39 is 5.41 Å². The number of benzene rings is 2. The molecule has 0 saturated heterocycles. The number of pyridine rings is 1. The molecule has 0 aliphatic carbocycles. The third-order valence-electron chi connectivity index (χ3n) is 5.30. The molecular formula is C26H23N5O3S. The Bertz CT molecular complexity index is 1490. The first-order valence-corrected chi connectivity index (χ1v) is 11.6. The largest absolute Gasteiger partial charge is 0.439 e. The molecule has 4 aromatic rings. The van der Waals surface area contributed by atoms with Gasteiger partial charge in [-0.15, -0.1) is 0 Å². The molecule has 2 N–H and O–H groups in total. The van der Waals surface area contributed by atoms with Gasteiger partial charge in [-0.2, -0.15) is 5.26 Å². The first-order chi connectivity index (χ1) is 16.6. The summed E-state index contributed by atoms with van der Waals surface area (Å²) in [6, 6.07) is 18.2. The van der Waals surface area contributed by atoms with E-state index in [0.29, 0.717) is 38.4 Å². The van der Waals surface area contributed by atoms with Crippen molar-refractivity contribution in [1.82, 2.24) is 9.97 Å². The van der Waals surface area contributed by atoms with Crippen molar-refractivity contribution >= 4 is 44.3 Å². The number of carbonyl (C=O) groups excluding carboxylic acids is 2. The number of amides is 2. The molecule has 35 heavy (non-hydrogen) atoms. The second-order valence-corrected chi connectivity index (χ2v) is 9.51. The zero-order chi connectivity index (χ0) is 25.2. The maximum atomic E-state index is 12.9. The Morgan fingerprint density at radius 2 is 1.86 bits per heavy atom. The first kappa shape index (κ1) is 23.9. The van der Waals surface area contributed by atoms with Gasteiger partial charge in [0.15, 0.2) is 5.13 Å². The van der Waals surface area contributed by atoms with Gasteiger partial charge in [0.05, 0.1) is 11.5 Å². The van der Waals surface area contributed by atoms with Crippen molar-refractivity contribution in [3.05, 3.63) is 71.3 Å². The Hall–Kier alpha value is -4.29. The van der Waals surface area contributed by atoms with E-state index in [1.807, 2.05) is 32.9 Å². The summed E-state index contributed by atoms with van der Waals surface area (Å²) in [6.45, 7) is 6.94. The molecular weight excluding hydrogens is 462 g/mol. The lowest BCUT2D eigenvalue weighted by Crippen LogP contribution is -2.17. The number of anilines is 2. The normalized spacial score (nSPS) is 11.1. The zero-order valence-corrected chi connectivity index (χ0v) is 20.5. The summed E-state index contributed by atoms with van der Waals surface area (Å²) < 4.78 is 6.01. The molecule has 0 bridgehead atoms. The lowest BCUT2D eigenvalue weighted by atomic mass is 9.85. The number of nitrogens with zero attached hydrogens (tertiary/aromatic N) is 3. The van der Waals surface area contributed by atoms with Crippen LogP contribution in [0, 0.1) is 18.3 Å². The number of ether oxygens (including phenoxy) is 1. The molecule has 4 rings (SSSR count). The molecule has 176 valence electrons. The molecule has 0 fully saturated rings. The Labute approximate surface area is 206 Å². The second-order valence-electron chi connectivity index (χ2n) is 8.53. The summed E-state index contributed by atoms with van der Waals surface area (Å²) in [5, 5.41) is 15.4. The molecule has 2 heterocycles. The van der Waals surface area contributed by atoms with Gasteiger partial charge in [0.2, 0.25) is 11.8 Å². The fraction of sp³-hybridized carbons (Fsp3) is 0.192. The number of hydrogen-bond donors (Lipinski definition) is 2. The van der Waals surface area contributed by atoms with Crippen LogP contribution in [0.25, 0.3) is 10.3 Å². The maximum Gasteiger partial charge on any atom is 0.255 e. The maximum absolute atomic E-state index is 12.9. The van der Waals surface area contributed by atoms with E-state index in [1.54, 1.807) is 42.5 Å². The quantitative estimate of drug-likeness (QED) is 0.356. The topological polar surface area (TPSA) is 117 Å². The van der Waals surface area contributed by atoms with Gasteiger partial charge in [-0.25, -0.2) is 9.97 Å². The number of hydrogen-bond acceptors (Lipinski definition) is 7. The van der Waals surface area contributed by atoms with Crippen molar-refractivity contribution in [2.45, 2.75) is 33.1 Å². The molecule has 2 amide bonds. The van der Waals surface area contributed by atoms with E-state index in [2.05, 4.69) is 26.7 Å².